The topological polar surface area (TPSA) is 99.8 Å². The highest BCUT2D eigenvalue weighted by molar-refractivity contribution is 7.17. The molecule has 0 bridgehead atoms. The predicted molar refractivity (Wildman–Crippen MR) is 128 cm³/mol. The number of rotatable bonds is 7. The van der Waals surface area contributed by atoms with Crippen molar-refractivity contribution in [3.05, 3.63) is 62.1 Å². The van der Waals surface area contributed by atoms with Gasteiger partial charge in [0.2, 0.25) is 5.91 Å². The van der Waals surface area contributed by atoms with Gasteiger partial charge in [-0.05, 0) is 48.9 Å². The number of methoxy groups -OCH3 is 1. The van der Waals surface area contributed by atoms with Gasteiger partial charge >= 0.3 is 11.7 Å². The number of nitrogens with zero attached hydrogens (tertiary/aromatic N) is 3. The molecule has 1 aliphatic heterocycles. The molecule has 180 valence electrons. The first-order chi connectivity index (χ1) is 16.4. The van der Waals surface area contributed by atoms with E-state index in [1.165, 1.54) is 15.9 Å². The minimum atomic E-state index is -0.550. The van der Waals surface area contributed by atoms with Crippen molar-refractivity contribution < 1.29 is 19.1 Å². The molecule has 4 rings (SSSR count). The molecule has 0 saturated carbocycles. The lowest BCUT2D eigenvalue weighted by molar-refractivity contribution is -0.151. The number of carbonyl (C=O) groups is 2. The van der Waals surface area contributed by atoms with Gasteiger partial charge in [-0.25, -0.2) is 4.79 Å². The minimum absolute atomic E-state index is 0.0611. The number of carbonyl (C=O) groups excluding carboxylic acids is 2. The Morgan fingerprint density at radius 3 is 2.76 bits per heavy atom. The number of aromatic nitrogens is 2. The van der Waals surface area contributed by atoms with Crippen molar-refractivity contribution in [2.45, 2.75) is 32.9 Å². The summed E-state index contributed by atoms with van der Waals surface area (Å²) in [7, 11) is 1.55. The second-order valence-corrected chi connectivity index (χ2v) is 9.09. The molecule has 1 aromatic carbocycles. The summed E-state index contributed by atoms with van der Waals surface area (Å²) in [5, 5.41) is 1.74. The summed E-state index contributed by atoms with van der Waals surface area (Å²) in [5.74, 6) is -0.309. The fourth-order valence-electron chi connectivity index (χ4n) is 4.27. The smallest absolute Gasteiger partial charge is 0.332 e. The Hall–Kier alpha value is -3.40. The summed E-state index contributed by atoms with van der Waals surface area (Å²) in [6.07, 6.45) is 1.36. The third-order valence-corrected chi connectivity index (χ3v) is 6.89. The molecule has 0 aliphatic carbocycles. The van der Waals surface area contributed by atoms with Gasteiger partial charge in [-0.2, -0.15) is 0 Å². The van der Waals surface area contributed by atoms with E-state index in [4.69, 9.17) is 9.47 Å². The third-order valence-electron chi connectivity index (χ3n) is 6.00. The van der Waals surface area contributed by atoms with Crippen LogP contribution in [0.1, 0.15) is 25.3 Å². The van der Waals surface area contributed by atoms with Crippen LogP contribution >= 0.6 is 11.3 Å². The van der Waals surface area contributed by atoms with Crippen molar-refractivity contribution in [2.24, 2.45) is 5.92 Å². The van der Waals surface area contributed by atoms with Crippen molar-refractivity contribution in [3.63, 3.8) is 0 Å². The van der Waals surface area contributed by atoms with E-state index in [1.807, 2.05) is 6.07 Å². The van der Waals surface area contributed by atoms with Gasteiger partial charge in [0.15, 0.2) is 0 Å². The summed E-state index contributed by atoms with van der Waals surface area (Å²) in [6, 6.07) is 8.84. The average molecular weight is 486 g/mol. The van der Waals surface area contributed by atoms with Crippen molar-refractivity contribution in [1.82, 2.24) is 14.0 Å². The maximum Gasteiger partial charge on any atom is 0.332 e. The number of hydrogen-bond acceptors (Lipinski definition) is 7. The number of fused-ring (bicyclic) bond motifs is 1. The monoisotopic (exact) mass is 485 g/mol. The van der Waals surface area contributed by atoms with Crippen LogP contribution in [0.25, 0.3) is 10.2 Å². The molecule has 0 radical (unpaired) electrons. The largest absolute Gasteiger partial charge is 0.497 e. The van der Waals surface area contributed by atoms with Gasteiger partial charge in [-0.1, -0.05) is 12.1 Å². The van der Waals surface area contributed by atoms with Crippen LogP contribution in [0.3, 0.4) is 0 Å². The van der Waals surface area contributed by atoms with E-state index in [1.54, 1.807) is 48.6 Å². The molecule has 1 amide bonds. The van der Waals surface area contributed by atoms with Crippen molar-refractivity contribution in [3.8, 4) is 5.75 Å². The molecule has 3 aromatic rings. The van der Waals surface area contributed by atoms with Crippen LogP contribution in [-0.2, 0) is 27.4 Å². The quantitative estimate of drug-likeness (QED) is 0.475. The molecule has 1 aliphatic rings. The van der Waals surface area contributed by atoms with E-state index in [-0.39, 0.29) is 43.0 Å². The Kier molecular flexibility index (Phi) is 7.16. The van der Waals surface area contributed by atoms with Crippen molar-refractivity contribution >= 4 is 33.4 Å². The van der Waals surface area contributed by atoms with Gasteiger partial charge in [-0.15, -0.1) is 11.3 Å². The average Bonchev–Trinajstić information content (AvgIpc) is 3.35. The number of hydrogen-bond donors (Lipinski definition) is 0. The minimum Gasteiger partial charge on any atom is -0.497 e. The number of esters is 1. The molecule has 1 saturated heterocycles. The highest BCUT2D eigenvalue weighted by atomic mass is 32.1. The van der Waals surface area contributed by atoms with Gasteiger partial charge in [-0.3, -0.25) is 23.5 Å². The van der Waals surface area contributed by atoms with Crippen LogP contribution < -0.4 is 16.0 Å². The highest BCUT2D eigenvalue weighted by Crippen LogP contribution is 2.20. The molecule has 3 heterocycles. The zero-order valence-corrected chi connectivity index (χ0v) is 20.0. The first kappa shape index (κ1) is 23.7. The number of likely N-dealkylation sites (tertiary alicyclic amines) is 1. The standard InChI is InChI=1S/C24H27N3O6S/c1-3-33-23(30)17-7-5-10-25(14-17)20(28)15-26-19-9-11-34-21(19)22(29)27(24(26)31)13-16-6-4-8-18(12-16)32-2/h4,6,8-9,11-12,17H,3,5,7,10,13-15H2,1-2H3. The maximum absolute atomic E-state index is 13.4. The highest BCUT2D eigenvalue weighted by Gasteiger charge is 2.30. The fourth-order valence-corrected chi connectivity index (χ4v) is 5.11. The van der Waals surface area contributed by atoms with E-state index >= 15 is 0 Å². The van der Waals surface area contributed by atoms with Crippen LogP contribution in [0.15, 0.2) is 45.3 Å². The Bertz CT molecular complexity index is 1320. The van der Waals surface area contributed by atoms with Crippen molar-refractivity contribution in [1.29, 1.82) is 0 Å². The van der Waals surface area contributed by atoms with E-state index in [0.29, 0.717) is 42.0 Å². The summed E-state index contributed by atoms with van der Waals surface area (Å²) in [6.45, 7) is 2.68. The van der Waals surface area contributed by atoms with Crippen LogP contribution in [0.5, 0.6) is 5.75 Å². The Balaban J connectivity index is 1.64. The maximum atomic E-state index is 13.4. The molecular formula is C24H27N3O6S. The second kappa shape index (κ2) is 10.3. The second-order valence-electron chi connectivity index (χ2n) is 8.18. The summed E-state index contributed by atoms with van der Waals surface area (Å²) >= 11 is 1.24. The Labute approximate surface area is 200 Å². The zero-order chi connectivity index (χ0) is 24.2. The lowest BCUT2D eigenvalue weighted by Crippen LogP contribution is -2.47. The molecule has 0 spiro atoms. The third kappa shape index (κ3) is 4.77. The van der Waals surface area contributed by atoms with Crippen molar-refractivity contribution in [2.75, 3.05) is 26.8 Å². The molecule has 1 fully saturated rings. The van der Waals surface area contributed by atoms with E-state index in [2.05, 4.69) is 0 Å². The normalized spacial score (nSPS) is 15.9. The number of ether oxygens (including phenoxy) is 2. The summed E-state index contributed by atoms with van der Waals surface area (Å²) < 4.78 is 13.3. The first-order valence-electron chi connectivity index (χ1n) is 11.2. The molecular weight excluding hydrogens is 458 g/mol. The van der Waals surface area contributed by atoms with Gasteiger partial charge in [0, 0.05) is 13.1 Å². The van der Waals surface area contributed by atoms with Crippen LogP contribution in [0.2, 0.25) is 0 Å². The van der Waals surface area contributed by atoms with Gasteiger partial charge in [0.05, 0.1) is 31.7 Å². The lowest BCUT2D eigenvalue weighted by Gasteiger charge is -2.31. The summed E-state index contributed by atoms with van der Waals surface area (Å²) in [5.41, 5.74) is 0.239. The SMILES string of the molecule is CCOC(=O)C1CCCN(C(=O)Cn2c(=O)n(Cc3cccc(OC)c3)c(=O)c3sccc32)C1. The van der Waals surface area contributed by atoms with Gasteiger partial charge < -0.3 is 14.4 Å². The number of benzene rings is 1. The first-order valence-corrected chi connectivity index (χ1v) is 12.1. The number of piperidine rings is 1. The Morgan fingerprint density at radius 2 is 2.00 bits per heavy atom. The molecule has 34 heavy (non-hydrogen) atoms. The van der Waals surface area contributed by atoms with E-state index < -0.39 is 5.69 Å². The molecule has 1 unspecified atom stereocenters. The number of amides is 1. The molecule has 2 aromatic heterocycles. The molecule has 10 heteroatoms. The fraction of sp³-hybridized carbons (Fsp3) is 0.417. The van der Waals surface area contributed by atoms with Gasteiger partial charge in [0.25, 0.3) is 5.56 Å². The molecule has 1 atom stereocenters. The predicted octanol–water partition coefficient (Wildman–Crippen LogP) is 2.08. The lowest BCUT2D eigenvalue weighted by atomic mass is 9.98. The summed E-state index contributed by atoms with van der Waals surface area (Å²) in [4.78, 5) is 53.4. The van der Waals surface area contributed by atoms with E-state index in [9.17, 15) is 19.2 Å². The number of thiophene rings is 1. The van der Waals surface area contributed by atoms with Crippen LogP contribution in [0.4, 0.5) is 0 Å². The van der Waals surface area contributed by atoms with E-state index in [0.717, 1.165) is 10.1 Å². The zero-order valence-electron chi connectivity index (χ0n) is 19.2. The molecule has 9 nitrogen and oxygen atoms in total. The van der Waals surface area contributed by atoms with Crippen LogP contribution in [-0.4, -0.2) is 52.7 Å². The Morgan fingerprint density at radius 1 is 1.18 bits per heavy atom. The molecule has 0 N–H and O–H groups in total. The van der Waals surface area contributed by atoms with Crippen LogP contribution in [0, 0.1) is 5.92 Å². The van der Waals surface area contributed by atoms with Gasteiger partial charge in [0.1, 0.15) is 17.0 Å².